The average molecular weight is 159 g/mol. The molecule has 0 aliphatic rings. The minimum atomic E-state index is -1.12. The average Bonchev–Trinajstić information content (AvgIpc) is 1.89. The van der Waals surface area contributed by atoms with Crippen molar-refractivity contribution in [3.05, 3.63) is 0 Å². The summed E-state index contributed by atoms with van der Waals surface area (Å²) in [6.07, 6.45) is 0.558. The van der Waals surface area contributed by atoms with E-state index in [2.05, 4.69) is 6.92 Å². The lowest BCUT2D eigenvalue weighted by Gasteiger charge is -2.12. The first-order valence-corrected chi connectivity index (χ1v) is 4.49. The monoisotopic (exact) mass is 159 g/mol. The van der Waals surface area contributed by atoms with Crippen LogP contribution in [0, 0.1) is 11.3 Å². The Kier molecular flexibility index (Phi) is 4.50. The predicted molar refractivity (Wildman–Crippen MR) is 43.9 cm³/mol. The van der Waals surface area contributed by atoms with Crippen LogP contribution in [-0.4, -0.2) is 22.2 Å². The highest BCUT2D eigenvalue weighted by molar-refractivity contribution is 7.99. The molecule has 0 aromatic heterocycles. The van der Waals surface area contributed by atoms with Gasteiger partial charge in [0.25, 0.3) is 0 Å². The maximum atomic E-state index is 9.18. The molecule has 0 spiro atoms. The molecule has 1 unspecified atom stereocenters. The van der Waals surface area contributed by atoms with E-state index >= 15 is 0 Å². The van der Waals surface area contributed by atoms with Crippen LogP contribution >= 0.6 is 11.8 Å². The molecule has 3 heteroatoms. The number of hydrogen-bond donors (Lipinski definition) is 1. The molecule has 1 atom stereocenters. The van der Waals surface area contributed by atoms with Crippen molar-refractivity contribution in [2.24, 2.45) is 0 Å². The van der Waals surface area contributed by atoms with Gasteiger partial charge in [-0.25, -0.2) is 0 Å². The van der Waals surface area contributed by atoms with Crippen molar-refractivity contribution in [1.29, 1.82) is 5.26 Å². The third-order valence-electron chi connectivity index (χ3n) is 1.18. The molecular formula is C7H13NOS. The molecule has 0 aliphatic carbocycles. The lowest BCUT2D eigenvalue weighted by atomic mass is 10.1. The zero-order chi connectivity index (χ0) is 8.04. The molecule has 0 bridgehead atoms. The molecule has 1 N–H and O–H groups in total. The fourth-order valence-corrected chi connectivity index (χ4v) is 1.30. The Morgan fingerprint density at radius 1 is 1.70 bits per heavy atom. The van der Waals surface area contributed by atoms with Crippen LogP contribution in [0.3, 0.4) is 0 Å². The molecule has 2 nitrogen and oxygen atoms in total. The second-order valence-electron chi connectivity index (χ2n) is 2.33. The fourth-order valence-electron chi connectivity index (χ4n) is 0.471. The normalized spacial score (nSPS) is 15.8. The minimum absolute atomic E-state index is 0.558. The van der Waals surface area contributed by atoms with Gasteiger partial charge in [0.1, 0.15) is 5.60 Å². The van der Waals surface area contributed by atoms with Crippen LogP contribution in [0.2, 0.25) is 0 Å². The molecule has 0 heterocycles. The summed E-state index contributed by atoms with van der Waals surface area (Å²) < 4.78 is 0. The Balaban J connectivity index is 3.40. The van der Waals surface area contributed by atoms with Gasteiger partial charge < -0.3 is 5.11 Å². The summed E-state index contributed by atoms with van der Waals surface area (Å²) in [6, 6.07) is 1.84. The van der Waals surface area contributed by atoms with Crippen molar-refractivity contribution < 1.29 is 5.11 Å². The maximum Gasteiger partial charge on any atom is 0.149 e. The molecule has 0 rings (SSSR count). The van der Waals surface area contributed by atoms with Crippen LogP contribution in [0.4, 0.5) is 0 Å². The Labute approximate surface area is 66.2 Å². The van der Waals surface area contributed by atoms with Crippen molar-refractivity contribution in [2.75, 3.05) is 11.5 Å². The number of nitriles is 1. The van der Waals surface area contributed by atoms with Crippen molar-refractivity contribution in [2.45, 2.75) is 25.9 Å². The van der Waals surface area contributed by atoms with Crippen LogP contribution in [0.25, 0.3) is 0 Å². The molecular weight excluding hydrogens is 146 g/mol. The highest BCUT2D eigenvalue weighted by atomic mass is 32.2. The van der Waals surface area contributed by atoms with Gasteiger partial charge >= 0.3 is 0 Å². The van der Waals surface area contributed by atoms with E-state index in [1.807, 2.05) is 6.07 Å². The molecule has 0 aromatic carbocycles. The molecule has 0 aromatic rings. The van der Waals surface area contributed by atoms with Gasteiger partial charge in [-0.1, -0.05) is 6.92 Å². The van der Waals surface area contributed by atoms with E-state index in [9.17, 15) is 5.11 Å². The predicted octanol–water partition coefficient (Wildman–Crippen LogP) is 1.40. The standard InChI is InChI=1S/C7H13NOS/c1-3-10-5-4-7(2,9)6-8/h9H,3-5H2,1-2H3. The van der Waals surface area contributed by atoms with Crippen molar-refractivity contribution in [3.63, 3.8) is 0 Å². The molecule has 0 fully saturated rings. The van der Waals surface area contributed by atoms with Gasteiger partial charge in [-0.3, -0.25) is 0 Å². The third-order valence-corrected chi connectivity index (χ3v) is 2.08. The van der Waals surface area contributed by atoms with E-state index in [0.29, 0.717) is 6.42 Å². The zero-order valence-corrected chi connectivity index (χ0v) is 7.24. The van der Waals surface area contributed by atoms with Gasteiger partial charge in [-0.15, -0.1) is 0 Å². The quantitative estimate of drug-likeness (QED) is 0.498. The van der Waals surface area contributed by atoms with Gasteiger partial charge in [0.2, 0.25) is 0 Å². The Morgan fingerprint density at radius 2 is 2.30 bits per heavy atom. The topological polar surface area (TPSA) is 44.0 Å². The van der Waals surface area contributed by atoms with Crippen LogP contribution in [0.5, 0.6) is 0 Å². The smallest absolute Gasteiger partial charge is 0.149 e. The summed E-state index contributed by atoms with van der Waals surface area (Å²) in [5.74, 6) is 1.90. The molecule has 0 radical (unpaired) electrons. The summed E-state index contributed by atoms with van der Waals surface area (Å²) in [7, 11) is 0. The van der Waals surface area contributed by atoms with E-state index in [1.165, 1.54) is 0 Å². The number of hydrogen-bond acceptors (Lipinski definition) is 3. The van der Waals surface area contributed by atoms with Crippen LogP contribution in [-0.2, 0) is 0 Å². The molecule has 58 valence electrons. The summed E-state index contributed by atoms with van der Waals surface area (Å²) in [4.78, 5) is 0. The highest BCUT2D eigenvalue weighted by Gasteiger charge is 2.17. The molecule has 0 saturated carbocycles. The highest BCUT2D eigenvalue weighted by Crippen LogP contribution is 2.12. The number of nitrogens with zero attached hydrogens (tertiary/aromatic N) is 1. The Bertz CT molecular complexity index is 128. The lowest BCUT2D eigenvalue weighted by Crippen LogP contribution is -2.21. The van der Waals surface area contributed by atoms with Gasteiger partial charge in [-0.05, 0) is 24.9 Å². The van der Waals surface area contributed by atoms with E-state index < -0.39 is 5.60 Å². The van der Waals surface area contributed by atoms with Crippen LogP contribution < -0.4 is 0 Å². The number of aliphatic hydroxyl groups is 1. The largest absolute Gasteiger partial charge is 0.376 e. The van der Waals surface area contributed by atoms with Crippen molar-refractivity contribution >= 4 is 11.8 Å². The van der Waals surface area contributed by atoms with E-state index in [1.54, 1.807) is 18.7 Å². The fraction of sp³-hybridized carbons (Fsp3) is 0.857. The summed E-state index contributed by atoms with van der Waals surface area (Å²) in [6.45, 7) is 3.61. The third kappa shape index (κ3) is 4.66. The summed E-state index contributed by atoms with van der Waals surface area (Å²) in [5.41, 5.74) is -1.12. The minimum Gasteiger partial charge on any atom is -0.376 e. The maximum absolute atomic E-state index is 9.18. The Morgan fingerprint density at radius 3 is 2.70 bits per heavy atom. The SMILES string of the molecule is CCSCCC(C)(O)C#N. The first kappa shape index (κ1) is 9.80. The van der Waals surface area contributed by atoms with Crippen molar-refractivity contribution in [1.82, 2.24) is 0 Å². The zero-order valence-electron chi connectivity index (χ0n) is 6.42. The molecule has 10 heavy (non-hydrogen) atoms. The van der Waals surface area contributed by atoms with E-state index in [-0.39, 0.29) is 0 Å². The molecule has 0 aliphatic heterocycles. The Hall–Kier alpha value is -0.200. The second kappa shape index (κ2) is 4.59. The van der Waals surface area contributed by atoms with Gasteiger partial charge in [0, 0.05) is 0 Å². The lowest BCUT2D eigenvalue weighted by molar-refractivity contribution is 0.117. The first-order valence-electron chi connectivity index (χ1n) is 3.34. The van der Waals surface area contributed by atoms with Crippen LogP contribution in [0.1, 0.15) is 20.3 Å². The van der Waals surface area contributed by atoms with Gasteiger partial charge in [0.15, 0.2) is 0 Å². The molecule has 0 amide bonds. The number of thioether (sulfide) groups is 1. The molecule has 0 saturated heterocycles. The second-order valence-corrected chi connectivity index (χ2v) is 3.73. The van der Waals surface area contributed by atoms with E-state index in [0.717, 1.165) is 11.5 Å². The van der Waals surface area contributed by atoms with Gasteiger partial charge in [0.05, 0.1) is 6.07 Å². The summed E-state index contributed by atoms with van der Waals surface area (Å²) >= 11 is 1.74. The van der Waals surface area contributed by atoms with Gasteiger partial charge in [-0.2, -0.15) is 17.0 Å². The van der Waals surface area contributed by atoms with E-state index in [4.69, 9.17) is 5.26 Å². The number of rotatable bonds is 4. The van der Waals surface area contributed by atoms with Crippen LogP contribution in [0.15, 0.2) is 0 Å². The summed E-state index contributed by atoms with van der Waals surface area (Å²) in [5, 5.41) is 17.6. The van der Waals surface area contributed by atoms with Crippen molar-refractivity contribution in [3.8, 4) is 6.07 Å². The first-order chi connectivity index (χ1) is 4.62.